The highest BCUT2D eigenvalue weighted by Crippen LogP contribution is 2.15. The van der Waals surface area contributed by atoms with Gasteiger partial charge < -0.3 is 35.1 Å². The van der Waals surface area contributed by atoms with Crippen molar-refractivity contribution in [2.45, 2.75) is 207 Å². The molecule has 1 unspecified atom stereocenters. The lowest BCUT2D eigenvalue weighted by molar-refractivity contribution is -0.146. The van der Waals surface area contributed by atoms with Crippen molar-refractivity contribution in [3.8, 4) is 0 Å². The van der Waals surface area contributed by atoms with Gasteiger partial charge in [0.1, 0.15) is 25.9 Å². The molecule has 0 heterocycles. The SMILES string of the molecule is CCCCCCCCC(OCC(N)=O)C(=O)N(CCCCCCCC)CCCOCCCNC(=O)COCC(=O)N(CCCCCCCC)CCCCCCCC. The molecule has 3 N–H and O–H groups in total. The van der Waals surface area contributed by atoms with Crippen molar-refractivity contribution in [1.29, 1.82) is 0 Å². The van der Waals surface area contributed by atoms with E-state index in [1.54, 1.807) is 0 Å². The predicted molar refractivity (Wildman–Crippen MR) is 234 cm³/mol. The first-order valence-electron chi connectivity index (χ1n) is 23.7. The quantitative estimate of drug-likeness (QED) is 0.0585. The Hall–Kier alpha value is -2.24. The van der Waals surface area contributed by atoms with Crippen LogP contribution >= 0.6 is 0 Å². The van der Waals surface area contributed by atoms with E-state index in [0.717, 1.165) is 77.3 Å². The molecule has 0 fully saturated rings. The number of hydrogen-bond acceptors (Lipinski definition) is 7. The summed E-state index contributed by atoms with van der Waals surface area (Å²) < 4.78 is 17.2. The van der Waals surface area contributed by atoms with Crippen molar-refractivity contribution in [1.82, 2.24) is 15.1 Å². The summed E-state index contributed by atoms with van der Waals surface area (Å²) in [6.07, 6.45) is 29.0. The number of carbonyl (C=O) groups excluding carboxylic acids is 4. The van der Waals surface area contributed by atoms with Gasteiger partial charge in [0.2, 0.25) is 17.7 Å². The summed E-state index contributed by atoms with van der Waals surface area (Å²) in [6, 6.07) is 0. The number of carbonyl (C=O) groups is 4. The average Bonchev–Trinajstić information content (AvgIpc) is 3.20. The minimum absolute atomic E-state index is 0.0305. The number of amides is 4. The van der Waals surface area contributed by atoms with E-state index in [4.69, 9.17) is 19.9 Å². The number of hydrogen-bond donors (Lipinski definition) is 2. The van der Waals surface area contributed by atoms with Crippen LogP contribution in [0.2, 0.25) is 0 Å². The predicted octanol–water partition coefficient (Wildman–Crippen LogP) is 9.28. The van der Waals surface area contributed by atoms with Gasteiger partial charge in [-0.05, 0) is 38.5 Å². The maximum atomic E-state index is 13.7. The van der Waals surface area contributed by atoms with E-state index in [9.17, 15) is 19.2 Å². The second kappa shape index (κ2) is 41.9. The van der Waals surface area contributed by atoms with Gasteiger partial charge in [-0.3, -0.25) is 19.2 Å². The van der Waals surface area contributed by atoms with Gasteiger partial charge in [0.15, 0.2) is 0 Å². The highest BCUT2D eigenvalue weighted by atomic mass is 16.5. The standard InChI is InChI=1S/C46H90N4O7/c1-5-9-13-17-21-25-31-42(57-39-43(47)51)46(54)50(35-28-24-20-16-12-8-4)36-30-38-55-37-29-32-48-44(52)40-56-41-45(53)49(33-26-22-18-14-10-6-2)34-27-23-19-15-11-7-3/h42H,5-41H2,1-4H3,(H2,47,51)(H,48,52). The Morgan fingerprint density at radius 2 is 0.930 bits per heavy atom. The van der Waals surface area contributed by atoms with Gasteiger partial charge in [-0.1, -0.05) is 163 Å². The summed E-state index contributed by atoms with van der Waals surface area (Å²) in [4.78, 5) is 54.5. The van der Waals surface area contributed by atoms with E-state index in [1.165, 1.54) is 89.9 Å². The number of rotatable bonds is 44. The van der Waals surface area contributed by atoms with E-state index in [0.29, 0.717) is 52.1 Å². The largest absolute Gasteiger partial charge is 0.381 e. The van der Waals surface area contributed by atoms with Crippen LogP contribution < -0.4 is 11.1 Å². The molecular formula is C46H90N4O7. The summed E-state index contributed by atoms with van der Waals surface area (Å²) in [5, 5.41) is 2.86. The molecule has 4 amide bonds. The maximum absolute atomic E-state index is 13.7. The molecule has 11 nitrogen and oxygen atoms in total. The molecule has 0 rings (SSSR count). The Morgan fingerprint density at radius 1 is 0.491 bits per heavy atom. The molecule has 336 valence electrons. The van der Waals surface area contributed by atoms with E-state index in [1.807, 2.05) is 9.80 Å². The zero-order valence-electron chi connectivity index (χ0n) is 37.6. The monoisotopic (exact) mass is 811 g/mol. The number of primary amides is 1. The number of nitrogens with two attached hydrogens (primary N) is 1. The van der Waals surface area contributed by atoms with Crippen LogP contribution in [0, 0.1) is 0 Å². The fourth-order valence-electron chi connectivity index (χ4n) is 6.95. The molecule has 0 saturated heterocycles. The van der Waals surface area contributed by atoms with Gasteiger partial charge >= 0.3 is 0 Å². The molecule has 0 radical (unpaired) electrons. The summed E-state index contributed by atoms with van der Waals surface area (Å²) in [7, 11) is 0. The second-order valence-corrected chi connectivity index (χ2v) is 16.0. The average molecular weight is 811 g/mol. The van der Waals surface area contributed by atoms with Crippen molar-refractivity contribution in [2.75, 3.05) is 65.8 Å². The van der Waals surface area contributed by atoms with Crippen LogP contribution in [0.5, 0.6) is 0 Å². The van der Waals surface area contributed by atoms with Crippen molar-refractivity contribution < 1.29 is 33.4 Å². The fourth-order valence-corrected chi connectivity index (χ4v) is 6.95. The van der Waals surface area contributed by atoms with Gasteiger partial charge in [0.25, 0.3) is 5.91 Å². The molecule has 11 heteroatoms. The Bertz CT molecular complexity index is 938. The fraction of sp³-hybridized carbons (Fsp3) is 0.913. The highest BCUT2D eigenvalue weighted by Gasteiger charge is 2.25. The van der Waals surface area contributed by atoms with Crippen LogP contribution in [0.3, 0.4) is 0 Å². The Balaban J connectivity index is 4.65. The van der Waals surface area contributed by atoms with Gasteiger partial charge in [-0.15, -0.1) is 0 Å². The van der Waals surface area contributed by atoms with E-state index in [2.05, 4.69) is 33.0 Å². The molecule has 0 spiro atoms. The molecule has 0 bridgehead atoms. The van der Waals surface area contributed by atoms with Crippen molar-refractivity contribution in [3.63, 3.8) is 0 Å². The molecule has 0 aromatic heterocycles. The number of nitrogens with one attached hydrogen (secondary N) is 1. The smallest absolute Gasteiger partial charge is 0.251 e. The van der Waals surface area contributed by atoms with Gasteiger partial charge in [0.05, 0.1) is 0 Å². The summed E-state index contributed by atoms with van der Waals surface area (Å²) in [6.45, 7) is 12.6. The third kappa shape index (κ3) is 35.4. The van der Waals surface area contributed by atoms with Crippen molar-refractivity contribution >= 4 is 23.6 Å². The Labute approximate surface area is 350 Å². The van der Waals surface area contributed by atoms with Gasteiger partial charge in [-0.2, -0.15) is 0 Å². The normalized spacial score (nSPS) is 11.8. The molecule has 0 aromatic rings. The first kappa shape index (κ1) is 54.8. The van der Waals surface area contributed by atoms with Crippen molar-refractivity contribution in [3.05, 3.63) is 0 Å². The van der Waals surface area contributed by atoms with Crippen molar-refractivity contribution in [2.24, 2.45) is 5.73 Å². The van der Waals surface area contributed by atoms with E-state index in [-0.39, 0.29) is 37.5 Å². The lowest BCUT2D eigenvalue weighted by Crippen LogP contribution is -2.43. The number of nitrogens with zero attached hydrogens (tertiary/aromatic N) is 2. The van der Waals surface area contributed by atoms with Gasteiger partial charge in [0, 0.05) is 45.9 Å². The summed E-state index contributed by atoms with van der Waals surface area (Å²) >= 11 is 0. The third-order valence-corrected chi connectivity index (χ3v) is 10.5. The first-order chi connectivity index (χ1) is 27.8. The molecule has 0 aliphatic heterocycles. The Kier molecular flexibility index (Phi) is 40.3. The second-order valence-electron chi connectivity index (χ2n) is 16.0. The van der Waals surface area contributed by atoms with Crippen LogP contribution in [0.15, 0.2) is 0 Å². The summed E-state index contributed by atoms with van der Waals surface area (Å²) in [5.74, 6) is -0.894. The first-order valence-corrected chi connectivity index (χ1v) is 23.7. The molecule has 0 saturated carbocycles. The van der Waals surface area contributed by atoms with E-state index < -0.39 is 12.0 Å². The molecular weight excluding hydrogens is 721 g/mol. The molecule has 57 heavy (non-hydrogen) atoms. The molecule has 0 aliphatic carbocycles. The zero-order chi connectivity index (χ0) is 42.0. The lowest BCUT2D eigenvalue weighted by atomic mass is 10.1. The minimum Gasteiger partial charge on any atom is -0.381 e. The molecule has 0 aromatic carbocycles. The van der Waals surface area contributed by atoms with Crippen LogP contribution in [-0.4, -0.2) is 105 Å². The summed E-state index contributed by atoms with van der Waals surface area (Å²) in [5.41, 5.74) is 5.38. The Morgan fingerprint density at radius 3 is 1.44 bits per heavy atom. The molecule has 1 atom stereocenters. The van der Waals surface area contributed by atoms with Crippen LogP contribution in [0.25, 0.3) is 0 Å². The zero-order valence-corrected chi connectivity index (χ0v) is 37.6. The van der Waals surface area contributed by atoms with Crippen LogP contribution in [0.4, 0.5) is 0 Å². The maximum Gasteiger partial charge on any atom is 0.251 e. The highest BCUT2D eigenvalue weighted by molar-refractivity contribution is 5.82. The minimum atomic E-state index is -0.662. The lowest BCUT2D eigenvalue weighted by Gasteiger charge is -2.27. The third-order valence-electron chi connectivity index (χ3n) is 10.5. The van der Waals surface area contributed by atoms with E-state index >= 15 is 0 Å². The number of ether oxygens (including phenoxy) is 3. The van der Waals surface area contributed by atoms with Crippen LogP contribution in [-0.2, 0) is 33.4 Å². The molecule has 0 aliphatic rings. The number of unbranched alkanes of at least 4 members (excludes halogenated alkanes) is 20. The topological polar surface area (TPSA) is 141 Å². The van der Waals surface area contributed by atoms with Crippen LogP contribution in [0.1, 0.15) is 201 Å². The van der Waals surface area contributed by atoms with Gasteiger partial charge in [-0.25, -0.2) is 0 Å².